The average molecular weight is 160 g/mol. The first kappa shape index (κ1) is 7.61. The maximum atomic E-state index is 11.0. The monoisotopic (exact) mass is 159 g/mol. The molecular formula is C7H10ClNO. The minimum absolute atomic E-state index is 0.141. The van der Waals surface area contributed by atoms with Crippen molar-refractivity contribution >= 4 is 17.5 Å². The first-order chi connectivity index (χ1) is 4.74. The molecule has 0 aromatic rings. The van der Waals surface area contributed by atoms with E-state index in [0.717, 1.165) is 18.7 Å². The summed E-state index contributed by atoms with van der Waals surface area (Å²) in [6, 6.07) is 0. The van der Waals surface area contributed by atoms with E-state index in [-0.39, 0.29) is 5.91 Å². The van der Waals surface area contributed by atoms with E-state index >= 15 is 0 Å². The summed E-state index contributed by atoms with van der Waals surface area (Å²) in [6.45, 7) is 5.19. The predicted molar refractivity (Wildman–Crippen MR) is 41.1 cm³/mol. The number of carbonyl (C=O) groups is 1. The molecule has 1 aliphatic rings. The van der Waals surface area contributed by atoms with Gasteiger partial charge in [0.2, 0.25) is 5.91 Å². The van der Waals surface area contributed by atoms with Gasteiger partial charge in [0.05, 0.1) is 0 Å². The molecule has 0 aromatic carbocycles. The van der Waals surface area contributed by atoms with E-state index in [1.807, 2.05) is 0 Å². The molecule has 1 amide bonds. The Balaban J connectivity index is 2.24. The number of amides is 1. The summed E-state index contributed by atoms with van der Waals surface area (Å²) in [5.74, 6) is 0.560. The van der Waals surface area contributed by atoms with Gasteiger partial charge in [-0.2, -0.15) is 0 Å². The van der Waals surface area contributed by atoms with Crippen LogP contribution in [0, 0.1) is 0 Å². The molecular weight excluding hydrogens is 150 g/mol. The van der Waals surface area contributed by atoms with Crippen molar-refractivity contribution in [2.24, 2.45) is 0 Å². The highest BCUT2D eigenvalue weighted by molar-refractivity contribution is 6.18. The lowest BCUT2D eigenvalue weighted by Gasteiger charge is -2.33. The van der Waals surface area contributed by atoms with E-state index in [0.29, 0.717) is 12.3 Å². The summed E-state index contributed by atoms with van der Waals surface area (Å²) in [5.41, 5.74) is 1.13. The quantitative estimate of drug-likeness (QED) is 0.435. The van der Waals surface area contributed by atoms with Gasteiger partial charge in [-0.05, 0) is 5.57 Å². The zero-order valence-electron chi connectivity index (χ0n) is 5.77. The van der Waals surface area contributed by atoms with Crippen LogP contribution in [0.15, 0.2) is 12.2 Å². The zero-order valence-corrected chi connectivity index (χ0v) is 6.52. The molecule has 1 saturated heterocycles. The van der Waals surface area contributed by atoms with Crippen LogP contribution in [0.1, 0.15) is 6.42 Å². The Bertz CT molecular complexity index is 159. The number of hydrogen-bond acceptors (Lipinski definition) is 1. The largest absolute Gasteiger partial charge is 0.335 e. The highest BCUT2D eigenvalue weighted by atomic mass is 35.5. The van der Waals surface area contributed by atoms with Crippen LogP contribution in [0.25, 0.3) is 0 Å². The van der Waals surface area contributed by atoms with E-state index in [2.05, 4.69) is 6.58 Å². The third-order valence-electron chi connectivity index (χ3n) is 1.49. The number of likely N-dealkylation sites (tertiary alicyclic amines) is 1. The molecule has 0 atom stereocenters. The van der Waals surface area contributed by atoms with Crippen LogP contribution < -0.4 is 0 Å². The van der Waals surface area contributed by atoms with Gasteiger partial charge in [0.15, 0.2) is 0 Å². The molecule has 1 heterocycles. The molecule has 1 fully saturated rings. The Morgan fingerprint density at radius 3 is 2.70 bits per heavy atom. The fraction of sp³-hybridized carbons (Fsp3) is 0.571. The summed E-state index contributed by atoms with van der Waals surface area (Å²) < 4.78 is 0. The molecule has 1 rings (SSSR count). The lowest BCUT2D eigenvalue weighted by atomic mass is 10.1. The molecule has 0 bridgehead atoms. The van der Waals surface area contributed by atoms with Crippen LogP contribution in [0.4, 0.5) is 0 Å². The minimum atomic E-state index is 0.141. The number of hydrogen-bond donors (Lipinski definition) is 0. The molecule has 1 aliphatic heterocycles. The number of rotatable bonds is 2. The Hall–Kier alpha value is -0.500. The molecule has 2 nitrogen and oxygen atoms in total. The van der Waals surface area contributed by atoms with E-state index in [1.165, 1.54) is 0 Å². The summed E-state index contributed by atoms with van der Waals surface area (Å²) in [6.07, 6.45) is 0.453. The highest BCUT2D eigenvalue weighted by Gasteiger charge is 2.22. The van der Waals surface area contributed by atoms with Gasteiger partial charge < -0.3 is 4.90 Å². The maximum Gasteiger partial charge on any atom is 0.224 e. The lowest BCUT2D eigenvalue weighted by Crippen LogP contribution is -2.44. The second kappa shape index (κ2) is 3.06. The van der Waals surface area contributed by atoms with Gasteiger partial charge in [0.25, 0.3) is 0 Å². The fourth-order valence-electron chi connectivity index (χ4n) is 0.909. The maximum absolute atomic E-state index is 11.0. The van der Waals surface area contributed by atoms with Gasteiger partial charge in [0.1, 0.15) is 0 Å². The van der Waals surface area contributed by atoms with Gasteiger partial charge in [-0.15, -0.1) is 11.6 Å². The second-order valence-corrected chi connectivity index (χ2v) is 2.82. The lowest BCUT2D eigenvalue weighted by molar-refractivity contribution is -0.132. The molecule has 0 aromatic heterocycles. The van der Waals surface area contributed by atoms with E-state index < -0.39 is 0 Å². The molecule has 3 heteroatoms. The van der Waals surface area contributed by atoms with E-state index in [1.54, 1.807) is 4.90 Å². The van der Waals surface area contributed by atoms with Gasteiger partial charge >= 0.3 is 0 Å². The van der Waals surface area contributed by atoms with Crippen molar-refractivity contribution in [2.75, 3.05) is 19.0 Å². The van der Waals surface area contributed by atoms with Crippen LogP contribution >= 0.6 is 11.6 Å². The van der Waals surface area contributed by atoms with E-state index in [4.69, 9.17) is 11.6 Å². The first-order valence-electron chi connectivity index (χ1n) is 3.24. The van der Waals surface area contributed by atoms with Gasteiger partial charge in [-0.3, -0.25) is 4.79 Å². The van der Waals surface area contributed by atoms with Gasteiger partial charge in [0, 0.05) is 25.4 Å². The third kappa shape index (κ3) is 1.51. The highest BCUT2D eigenvalue weighted by Crippen LogP contribution is 2.12. The van der Waals surface area contributed by atoms with Gasteiger partial charge in [-0.1, -0.05) is 6.58 Å². The van der Waals surface area contributed by atoms with Crippen molar-refractivity contribution in [3.63, 3.8) is 0 Å². The normalized spacial score (nSPS) is 16.9. The number of halogens is 1. The molecule has 0 spiro atoms. The van der Waals surface area contributed by atoms with Crippen LogP contribution in [0.5, 0.6) is 0 Å². The second-order valence-electron chi connectivity index (χ2n) is 2.44. The Morgan fingerprint density at radius 1 is 1.70 bits per heavy atom. The molecule has 0 aliphatic carbocycles. The van der Waals surface area contributed by atoms with Crippen molar-refractivity contribution < 1.29 is 4.79 Å². The van der Waals surface area contributed by atoms with Crippen molar-refractivity contribution in [1.29, 1.82) is 0 Å². The molecule has 0 N–H and O–H groups in total. The first-order valence-corrected chi connectivity index (χ1v) is 3.78. The Labute approximate surface area is 65.5 Å². The fourth-order valence-corrected chi connectivity index (χ4v) is 1.07. The topological polar surface area (TPSA) is 20.3 Å². The average Bonchev–Trinajstić information content (AvgIpc) is 1.82. The van der Waals surface area contributed by atoms with E-state index in [9.17, 15) is 4.79 Å². The molecule has 0 unspecified atom stereocenters. The zero-order chi connectivity index (χ0) is 7.56. The summed E-state index contributed by atoms with van der Waals surface area (Å²) in [7, 11) is 0. The molecule has 10 heavy (non-hydrogen) atoms. The Morgan fingerprint density at radius 2 is 2.30 bits per heavy atom. The molecule has 0 radical (unpaired) electrons. The SMILES string of the molecule is C=C1CN(C(=O)CCCl)C1. The van der Waals surface area contributed by atoms with Crippen LogP contribution in [-0.2, 0) is 4.79 Å². The number of alkyl halides is 1. The predicted octanol–water partition coefficient (Wildman–Crippen LogP) is 1.01. The van der Waals surface area contributed by atoms with Crippen LogP contribution in [-0.4, -0.2) is 29.8 Å². The summed E-state index contributed by atoms with van der Waals surface area (Å²) in [4.78, 5) is 12.7. The molecule has 0 saturated carbocycles. The Kier molecular flexibility index (Phi) is 2.33. The van der Waals surface area contributed by atoms with Crippen molar-refractivity contribution in [3.8, 4) is 0 Å². The van der Waals surface area contributed by atoms with Gasteiger partial charge in [-0.25, -0.2) is 0 Å². The van der Waals surface area contributed by atoms with Crippen molar-refractivity contribution in [3.05, 3.63) is 12.2 Å². The number of carbonyl (C=O) groups excluding carboxylic acids is 1. The van der Waals surface area contributed by atoms with Crippen LogP contribution in [0.2, 0.25) is 0 Å². The van der Waals surface area contributed by atoms with Crippen molar-refractivity contribution in [1.82, 2.24) is 4.90 Å². The minimum Gasteiger partial charge on any atom is -0.335 e. The molecule has 56 valence electrons. The number of nitrogens with zero attached hydrogens (tertiary/aromatic N) is 1. The van der Waals surface area contributed by atoms with Crippen LogP contribution in [0.3, 0.4) is 0 Å². The summed E-state index contributed by atoms with van der Waals surface area (Å²) >= 11 is 5.39. The summed E-state index contributed by atoms with van der Waals surface area (Å²) in [5, 5.41) is 0. The smallest absolute Gasteiger partial charge is 0.224 e. The van der Waals surface area contributed by atoms with Crippen molar-refractivity contribution in [2.45, 2.75) is 6.42 Å². The third-order valence-corrected chi connectivity index (χ3v) is 1.68. The standard InChI is InChI=1S/C7H10ClNO/c1-6-4-9(5-6)7(10)2-3-8/h1-5H2.